The molecule has 0 aromatic carbocycles. The van der Waals surface area contributed by atoms with Crippen molar-refractivity contribution in [3.05, 3.63) is 13.2 Å². The zero-order valence-corrected chi connectivity index (χ0v) is 11.1. The standard InChI is InChI=1S/C15H24O2/c1-4-15(2,3)9-14-16-12-8-11-6-5-10(12)7-13(11)17-14/h10-13H,1,4-9H2,2-3H3. The Kier molecular flexibility index (Phi) is 2.99. The van der Waals surface area contributed by atoms with Gasteiger partial charge in [0.25, 0.3) is 0 Å². The lowest BCUT2D eigenvalue weighted by atomic mass is 9.67. The fourth-order valence-corrected chi connectivity index (χ4v) is 3.54. The molecule has 4 unspecified atom stereocenters. The number of hydrogen-bond donors (Lipinski definition) is 0. The van der Waals surface area contributed by atoms with Crippen molar-refractivity contribution in [2.24, 2.45) is 17.3 Å². The number of rotatable bonds is 3. The zero-order chi connectivity index (χ0) is 12.0. The Morgan fingerprint density at radius 1 is 1.12 bits per heavy atom. The maximum absolute atomic E-state index is 6.14. The van der Waals surface area contributed by atoms with E-state index in [1.165, 1.54) is 25.7 Å². The van der Waals surface area contributed by atoms with Crippen LogP contribution in [-0.4, -0.2) is 12.2 Å². The second-order valence-electron chi connectivity index (χ2n) is 6.84. The maximum atomic E-state index is 6.14. The Balaban J connectivity index is 1.69. The number of ether oxygens (including phenoxy) is 2. The molecule has 3 saturated carbocycles. The van der Waals surface area contributed by atoms with Crippen LogP contribution in [0, 0.1) is 30.5 Å². The van der Waals surface area contributed by atoms with Crippen LogP contribution in [0.4, 0.5) is 0 Å². The summed E-state index contributed by atoms with van der Waals surface area (Å²) in [6.45, 7) is 8.49. The second kappa shape index (κ2) is 4.24. The predicted molar refractivity (Wildman–Crippen MR) is 66.8 cm³/mol. The van der Waals surface area contributed by atoms with Crippen LogP contribution in [0.25, 0.3) is 0 Å². The summed E-state index contributed by atoms with van der Waals surface area (Å²) in [5.41, 5.74) is 0.193. The molecule has 5 fully saturated rings. The summed E-state index contributed by atoms with van der Waals surface area (Å²) in [7, 11) is 0. The maximum Gasteiger partial charge on any atom is 0.224 e. The molecule has 2 radical (unpaired) electrons. The topological polar surface area (TPSA) is 18.5 Å². The van der Waals surface area contributed by atoms with Gasteiger partial charge < -0.3 is 9.47 Å². The van der Waals surface area contributed by atoms with Gasteiger partial charge in [-0.25, -0.2) is 0 Å². The van der Waals surface area contributed by atoms with E-state index in [1.54, 1.807) is 0 Å². The van der Waals surface area contributed by atoms with Crippen LogP contribution in [0.15, 0.2) is 0 Å². The molecule has 0 aromatic heterocycles. The normalized spacial score (nSPS) is 41.8. The Bertz CT molecular complexity index is 267. The molecule has 0 amide bonds. The Hall–Kier alpha value is -0.0800. The first-order chi connectivity index (χ1) is 8.07. The van der Waals surface area contributed by atoms with Crippen molar-refractivity contribution in [2.45, 2.75) is 64.6 Å². The number of fused-ring (bicyclic) bond motifs is 3. The van der Waals surface area contributed by atoms with E-state index >= 15 is 0 Å². The molecule has 4 bridgehead atoms. The molecule has 17 heavy (non-hydrogen) atoms. The van der Waals surface area contributed by atoms with Gasteiger partial charge in [-0.05, 0) is 49.4 Å². The van der Waals surface area contributed by atoms with E-state index in [9.17, 15) is 0 Å². The van der Waals surface area contributed by atoms with Gasteiger partial charge in [0.2, 0.25) is 6.29 Å². The fourth-order valence-electron chi connectivity index (χ4n) is 3.54. The first kappa shape index (κ1) is 12.0. The zero-order valence-electron chi connectivity index (χ0n) is 11.1. The first-order valence-electron chi connectivity index (χ1n) is 7.06. The van der Waals surface area contributed by atoms with E-state index in [2.05, 4.69) is 20.8 Å². The molecule has 96 valence electrons. The van der Waals surface area contributed by atoms with Crippen LogP contribution >= 0.6 is 0 Å². The molecule has 2 nitrogen and oxygen atoms in total. The summed E-state index contributed by atoms with van der Waals surface area (Å²) >= 11 is 0. The van der Waals surface area contributed by atoms with Crippen LogP contribution < -0.4 is 0 Å². The fraction of sp³-hybridized carbons (Fsp3) is 0.867. The monoisotopic (exact) mass is 236 g/mol. The van der Waals surface area contributed by atoms with E-state index in [0.717, 1.165) is 31.0 Å². The first-order valence-corrected chi connectivity index (χ1v) is 7.06. The van der Waals surface area contributed by atoms with Crippen molar-refractivity contribution < 1.29 is 9.47 Å². The van der Waals surface area contributed by atoms with Crippen LogP contribution in [0.5, 0.6) is 0 Å². The summed E-state index contributed by atoms with van der Waals surface area (Å²) in [5.74, 6) is 1.51. The van der Waals surface area contributed by atoms with Crippen LogP contribution in [0.3, 0.4) is 0 Å². The Labute approximate surface area is 105 Å². The minimum atomic E-state index is 0.193. The molecule has 0 spiro atoms. The van der Waals surface area contributed by atoms with E-state index in [-0.39, 0.29) is 5.41 Å². The molecule has 2 heterocycles. The van der Waals surface area contributed by atoms with E-state index in [4.69, 9.17) is 9.47 Å². The lowest BCUT2D eigenvalue weighted by Gasteiger charge is -2.42. The highest BCUT2D eigenvalue weighted by Crippen LogP contribution is 2.50. The molecular formula is C15H24O2. The SMILES string of the molecule is [CH2]CC(C)(C)C[C]1OC2CC3CCC2CC3O1. The van der Waals surface area contributed by atoms with Crippen LogP contribution in [0.2, 0.25) is 0 Å². The molecular weight excluding hydrogens is 212 g/mol. The molecule has 0 N–H and O–H groups in total. The van der Waals surface area contributed by atoms with Crippen molar-refractivity contribution in [1.29, 1.82) is 0 Å². The van der Waals surface area contributed by atoms with Crippen molar-refractivity contribution in [3.8, 4) is 0 Å². The molecule has 0 aromatic rings. The average Bonchev–Trinajstić information content (AvgIpc) is 2.53. The molecule has 5 rings (SSSR count). The summed E-state index contributed by atoms with van der Waals surface area (Å²) in [4.78, 5) is 0. The third-order valence-electron chi connectivity index (χ3n) is 4.90. The lowest BCUT2D eigenvalue weighted by molar-refractivity contribution is -0.0829. The molecule has 5 aliphatic rings. The smallest absolute Gasteiger partial charge is 0.224 e. The minimum Gasteiger partial charge on any atom is -0.342 e. The van der Waals surface area contributed by atoms with E-state index in [0.29, 0.717) is 12.2 Å². The quantitative estimate of drug-likeness (QED) is 0.743. The Morgan fingerprint density at radius 3 is 2.06 bits per heavy atom. The Morgan fingerprint density at radius 2 is 1.65 bits per heavy atom. The van der Waals surface area contributed by atoms with Gasteiger partial charge in [-0.2, -0.15) is 0 Å². The van der Waals surface area contributed by atoms with E-state index < -0.39 is 0 Å². The van der Waals surface area contributed by atoms with Crippen LogP contribution in [0.1, 0.15) is 52.4 Å². The molecule has 4 atom stereocenters. The second-order valence-corrected chi connectivity index (χ2v) is 6.84. The van der Waals surface area contributed by atoms with Gasteiger partial charge in [-0.3, -0.25) is 0 Å². The number of hydrogen-bond acceptors (Lipinski definition) is 2. The average molecular weight is 236 g/mol. The molecule has 2 heteroatoms. The summed E-state index contributed by atoms with van der Waals surface area (Å²) in [6, 6.07) is 0. The summed E-state index contributed by atoms with van der Waals surface area (Å²) < 4.78 is 12.3. The van der Waals surface area contributed by atoms with Crippen molar-refractivity contribution in [2.75, 3.05) is 0 Å². The van der Waals surface area contributed by atoms with Gasteiger partial charge in [-0.1, -0.05) is 20.8 Å². The van der Waals surface area contributed by atoms with Gasteiger partial charge >= 0.3 is 0 Å². The lowest BCUT2D eigenvalue weighted by Crippen LogP contribution is -2.42. The van der Waals surface area contributed by atoms with Gasteiger partial charge in [0.15, 0.2) is 0 Å². The van der Waals surface area contributed by atoms with Gasteiger partial charge in [0, 0.05) is 6.42 Å². The van der Waals surface area contributed by atoms with Crippen molar-refractivity contribution >= 4 is 0 Å². The van der Waals surface area contributed by atoms with Crippen molar-refractivity contribution in [1.82, 2.24) is 0 Å². The molecule has 2 saturated heterocycles. The third kappa shape index (κ3) is 2.26. The highest BCUT2D eigenvalue weighted by Gasteiger charge is 2.48. The highest BCUT2D eigenvalue weighted by molar-refractivity contribution is 4.98. The van der Waals surface area contributed by atoms with E-state index in [1.807, 2.05) is 0 Å². The highest BCUT2D eigenvalue weighted by atomic mass is 16.7. The van der Waals surface area contributed by atoms with Gasteiger partial charge in [0.1, 0.15) is 0 Å². The molecule has 2 aliphatic heterocycles. The van der Waals surface area contributed by atoms with Crippen molar-refractivity contribution in [3.63, 3.8) is 0 Å². The third-order valence-corrected chi connectivity index (χ3v) is 4.90. The minimum absolute atomic E-state index is 0.193. The summed E-state index contributed by atoms with van der Waals surface area (Å²) in [6.07, 6.45) is 8.77. The molecule has 3 aliphatic carbocycles. The summed E-state index contributed by atoms with van der Waals surface area (Å²) in [5, 5.41) is 0. The van der Waals surface area contributed by atoms with Gasteiger partial charge in [-0.15, -0.1) is 0 Å². The van der Waals surface area contributed by atoms with Gasteiger partial charge in [0.05, 0.1) is 12.2 Å². The van der Waals surface area contributed by atoms with Crippen LogP contribution in [-0.2, 0) is 9.47 Å². The predicted octanol–water partition coefficient (Wildman–Crippen LogP) is 3.72. The largest absolute Gasteiger partial charge is 0.342 e.